The van der Waals surface area contributed by atoms with Crippen LogP contribution in [0.3, 0.4) is 0 Å². The van der Waals surface area contributed by atoms with Gasteiger partial charge in [0.2, 0.25) is 0 Å². The molecule has 0 amide bonds. The molecule has 17 heavy (non-hydrogen) atoms. The van der Waals surface area contributed by atoms with Crippen LogP contribution in [0.25, 0.3) is 0 Å². The predicted octanol–water partition coefficient (Wildman–Crippen LogP) is 3.98. The summed E-state index contributed by atoms with van der Waals surface area (Å²) in [7, 11) is 2.05. The Balaban J connectivity index is 2.57. The van der Waals surface area contributed by atoms with Crippen molar-refractivity contribution < 1.29 is 0 Å². The Hall–Kier alpha value is -0.760. The average Bonchev–Trinajstić information content (AvgIpc) is 2.74. The van der Waals surface area contributed by atoms with Crippen molar-refractivity contribution in [3.05, 3.63) is 24.0 Å². The van der Waals surface area contributed by atoms with Crippen molar-refractivity contribution in [3.63, 3.8) is 0 Å². The van der Waals surface area contributed by atoms with Crippen molar-refractivity contribution in [1.29, 1.82) is 0 Å². The average molecular weight is 236 g/mol. The van der Waals surface area contributed by atoms with Gasteiger partial charge in [-0.25, -0.2) is 0 Å². The first-order valence-corrected chi connectivity index (χ1v) is 7.04. The van der Waals surface area contributed by atoms with E-state index in [2.05, 4.69) is 56.2 Å². The van der Waals surface area contributed by atoms with E-state index in [4.69, 9.17) is 0 Å². The van der Waals surface area contributed by atoms with E-state index in [0.717, 1.165) is 12.5 Å². The van der Waals surface area contributed by atoms with Crippen LogP contribution in [-0.2, 0) is 6.54 Å². The van der Waals surface area contributed by atoms with Crippen LogP contribution >= 0.6 is 0 Å². The summed E-state index contributed by atoms with van der Waals surface area (Å²) in [6.45, 7) is 7.99. The third-order valence-electron chi connectivity index (χ3n) is 3.41. The lowest BCUT2D eigenvalue weighted by Crippen LogP contribution is -2.15. The topological polar surface area (TPSA) is 17.0 Å². The standard InChI is InChI=1S/C15H28N2/c1-5-7-13(3)11-17-10-9-14(12-17)15(16-4)8-6-2/h9-10,12-13,15-16H,5-8,11H2,1-4H3. The van der Waals surface area contributed by atoms with Crippen molar-refractivity contribution in [1.82, 2.24) is 9.88 Å². The maximum Gasteiger partial charge on any atom is 0.0332 e. The van der Waals surface area contributed by atoms with Gasteiger partial charge in [0.25, 0.3) is 0 Å². The molecule has 2 unspecified atom stereocenters. The largest absolute Gasteiger partial charge is 0.354 e. The summed E-state index contributed by atoms with van der Waals surface area (Å²) in [6, 6.07) is 2.78. The molecule has 0 aliphatic carbocycles. The number of hydrogen-bond donors (Lipinski definition) is 1. The number of nitrogens with zero attached hydrogens (tertiary/aromatic N) is 1. The summed E-state index contributed by atoms with van der Waals surface area (Å²) in [5.74, 6) is 0.777. The highest BCUT2D eigenvalue weighted by Crippen LogP contribution is 2.19. The first-order valence-electron chi connectivity index (χ1n) is 7.04. The second kappa shape index (κ2) is 7.54. The predicted molar refractivity (Wildman–Crippen MR) is 75.2 cm³/mol. The molecule has 1 rings (SSSR count). The molecule has 0 radical (unpaired) electrons. The van der Waals surface area contributed by atoms with Gasteiger partial charge < -0.3 is 9.88 Å². The summed E-state index contributed by atoms with van der Waals surface area (Å²) in [5.41, 5.74) is 1.43. The molecule has 2 nitrogen and oxygen atoms in total. The Morgan fingerprint density at radius 1 is 1.24 bits per heavy atom. The Morgan fingerprint density at radius 3 is 2.53 bits per heavy atom. The molecule has 0 fully saturated rings. The van der Waals surface area contributed by atoms with Crippen LogP contribution in [0.4, 0.5) is 0 Å². The van der Waals surface area contributed by atoms with Gasteiger partial charge in [0.1, 0.15) is 0 Å². The maximum absolute atomic E-state index is 3.40. The Bertz CT molecular complexity index is 304. The zero-order valence-corrected chi connectivity index (χ0v) is 11.9. The van der Waals surface area contributed by atoms with Gasteiger partial charge >= 0.3 is 0 Å². The minimum absolute atomic E-state index is 0.516. The summed E-state index contributed by atoms with van der Waals surface area (Å²) in [4.78, 5) is 0. The van der Waals surface area contributed by atoms with Crippen LogP contribution in [0.1, 0.15) is 58.1 Å². The number of hydrogen-bond acceptors (Lipinski definition) is 1. The van der Waals surface area contributed by atoms with Gasteiger partial charge in [-0.2, -0.15) is 0 Å². The van der Waals surface area contributed by atoms with Crippen LogP contribution < -0.4 is 5.32 Å². The molecule has 0 saturated carbocycles. The zero-order chi connectivity index (χ0) is 12.7. The Kier molecular flexibility index (Phi) is 6.35. The molecule has 0 saturated heterocycles. The highest BCUT2D eigenvalue weighted by Gasteiger charge is 2.10. The van der Waals surface area contributed by atoms with Gasteiger partial charge in [-0.05, 0) is 37.4 Å². The fraction of sp³-hybridized carbons (Fsp3) is 0.733. The number of rotatable bonds is 8. The van der Waals surface area contributed by atoms with E-state index >= 15 is 0 Å². The lowest BCUT2D eigenvalue weighted by molar-refractivity contribution is 0.445. The summed E-state index contributed by atoms with van der Waals surface area (Å²) in [5, 5.41) is 3.40. The minimum atomic E-state index is 0.516. The molecule has 0 aromatic carbocycles. The summed E-state index contributed by atoms with van der Waals surface area (Å²) in [6.07, 6.45) is 9.57. The smallest absolute Gasteiger partial charge is 0.0332 e. The van der Waals surface area contributed by atoms with Crippen molar-refractivity contribution in [2.24, 2.45) is 5.92 Å². The number of nitrogens with one attached hydrogen (secondary N) is 1. The van der Waals surface area contributed by atoms with Gasteiger partial charge in [0.15, 0.2) is 0 Å². The van der Waals surface area contributed by atoms with E-state index < -0.39 is 0 Å². The first kappa shape index (κ1) is 14.3. The first-order chi connectivity index (χ1) is 8.21. The van der Waals surface area contributed by atoms with Gasteiger partial charge in [-0.15, -0.1) is 0 Å². The molecule has 1 aromatic heterocycles. The second-order valence-corrected chi connectivity index (χ2v) is 5.17. The van der Waals surface area contributed by atoms with Crippen molar-refractivity contribution >= 4 is 0 Å². The molecule has 2 heteroatoms. The van der Waals surface area contributed by atoms with Gasteiger partial charge in [-0.1, -0.05) is 33.6 Å². The van der Waals surface area contributed by atoms with Gasteiger partial charge in [0, 0.05) is 25.0 Å². The summed E-state index contributed by atoms with van der Waals surface area (Å²) >= 11 is 0. The molecule has 98 valence electrons. The molecule has 0 spiro atoms. The Morgan fingerprint density at radius 2 is 1.94 bits per heavy atom. The van der Waals surface area contributed by atoms with Crippen LogP contribution in [0.15, 0.2) is 18.5 Å². The Labute approximate surface area is 106 Å². The van der Waals surface area contributed by atoms with Gasteiger partial charge in [-0.3, -0.25) is 0 Å². The molecule has 1 N–H and O–H groups in total. The normalized spacial score (nSPS) is 14.8. The molecule has 1 heterocycles. The third-order valence-corrected chi connectivity index (χ3v) is 3.41. The van der Waals surface area contributed by atoms with E-state index in [9.17, 15) is 0 Å². The fourth-order valence-corrected chi connectivity index (χ4v) is 2.49. The zero-order valence-electron chi connectivity index (χ0n) is 11.9. The van der Waals surface area contributed by atoms with E-state index in [0.29, 0.717) is 6.04 Å². The van der Waals surface area contributed by atoms with Crippen LogP contribution in [0.2, 0.25) is 0 Å². The van der Waals surface area contributed by atoms with E-state index in [1.54, 1.807) is 0 Å². The van der Waals surface area contributed by atoms with E-state index in [1.165, 1.54) is 31.2 Å². The fourth-order valence-electron chi connectivity index (χ4n) is 2.49. The minimum Gasteiger partial charge on any atom is -0.354 e. The SMILES string of the molecule is CCCC(C)Cn1ccc(C(CCC)NC)c1. The van der Waals surface area contributed by atoms with E-state index in [-0.39, 0.29) is 0 Å². The van der Waals surface area contributed by atoms with Crippen molar-refractivity contribution in [3.8, 4) is 0 Å². The van der Waals surface area contributed by atoms with Crippen LogP contribution in [0.5, 0.6) is 0 Å². The molecular weight excluding hydrogens is 208 g/mol. The van der Waals surface area contributed by atoms with Gasteiger partial charge in [0.05, 0.1) is 0 Å². The molecule has 0 bridgehead atoms. The third kappa shape index (κ3) is 4.55. The molecule has 0 aliphatic heterocycles. The highest BCUT2D eigenvalue weighted by atomic mass is 15.0. The van der Waals surface area contributed by atoms with Crippen LogP contribution in [0, 0.1) is 5.92 Å². The molecule has 2 atom stereocenters. The lowest BCUT2D eigenvalue weighted by Gasteiger charge is -2.14. The highest BCUT2D eigenvalue weighted by molar-refractivity contribution is 5.15. The quantitative estimate of drug-likeness (QED) is 0.722. The summed E-state index contributed by atoms with van der Waals surface area (Å²) < 4.78 is 2.34. The molecule has 1 aromatic rings. The molecule has 0 aliphatic rings. The van der Waals surface area contributed by atoms with E-state index in [1.807, 2.05) is 0 Å². The molecular formula is C15H28N2. The second-order valence-electron chi connectivity index (χ2n) is 5.17. The monoisotopic (exact) mass is 236 g/mol. The lowest BCUT2D eigenvalue weighted by atomic mass is 10.1. The van der Waals surface area contributed by atoms with Crippen LogP contribution in [-0.4, -0.2) is 11.6 Å². The number of aromatic nitrogens is 1. The van der Waals surface area contributed by atoms with Crippen molar-refractivity contribution in [2.75, 3.05) is 7.05 Å². The van der Waals surface area contributed by atoms with Crippen molar-refractivity contribution in [2.45, 2.75) is 59.0 Å². The maximum atomic E-state index is 3.40.